The molecule has 1 heterocycles. The van der Waals surface area contributed by atoms with Gasteiger partial charge in [0.2, 0.25) is 0 Å². The molecule has 17 heavy (non-hydrogen) atoms. The number of carboxylic acids is 1. The number of carbonyl (C=O) groups is 1. The van der Waals surface area contributed by atoms with Crippen molar-refractivity contribution in [3.63, 3.8) is 0 Å². The fourth-order valence-corrected chi connectivity index (χ4v) is 2.11. The smallest absolute Gasteiger partial charge is 0.339 e. The molecule has 2 rings (SSSR count). The third-order valence-electron chi connectivity index (χ3n) is 2.52. The first kappa shape index (κ1) is 11.6. The average molecular weight is 248 g/mol. The predicted molar refractivity (Wildman–Crippen MR) is 67.6 cm³/mol. The lowest BCUT2D eigenvalue weighted by molar-refractivity contribution is 0.0696. The highest BCUT2D eigenvalue weighted by molar-refractivity contribution is 6.33. The molecule has 0 atom stereocenters. The number of carboxylic acid groups (broad SMARTS) is 1. The van der Waals surface area contributed by atoms with Crippen LogP contribution in [0.2, 0.25) is 5.15 Å². The van der Waals surface area contributed by atoms with E-state index in [4.69, 9.17) is 11.6 Å². The quantitative estimate of drug-likeness (QED) is 0.669. The first-order chi connectivity index (χ1) is 8.15. The summed E-state index contributed by atoms with van der Waals surface area (Å²) in [5.74, 6) is -1.06. The summed E-state index contributed by atoms with van der Waals surface area (Å²) in [6.45, 7) is 3.64. The van der Waals surface area contributed by atoms with Gasteiger partial charge in [0.05, 0.1) is 5.52 Å². The number of benzene rings is 1. The highest BCUT2D eigenvalue weighted by atomic mass is 35.5. The van der Waals surface area contributed by atoms with Gasteiger partial charge in [-0.05, 0) is 18.1 Å². The van der Waals surface area contributed by atoms with Gasteiger partial charge in [-0.1, -0.05) is 35.9 Å². The van der Waals surface area contributed by atoms with E-state index in [1.807, 2.05) is 18.2 Å². The predicted octanol–water partition coefficient (Wildman–Crippen LogP) is 3.31. The molecule has 0 aliphatic rings. The van der Waals surface area contributed by atoms with E-state index in [-0.39, 0.29) is 10.7 Å². The van der Waals surface area contributed by atoms with Crippen LogP contribution >= 0.6 is 11.6 Å². The molecule has 0 bridgehead atoms. The van der Waals surface area contributed by atoms with E-state index in [0.717, 1.165) is 5.39 Å². The van der Waals surface area contributed by atoms with Crippen molar-refractivity contribution < 1.29 is 9.90 Å². The summed E-state index contributed by atoms with van der Waals surface area (Å²) in [4.78, 5) is 15.3. The monoisotopic (exact) mass is 247 g/mol. The van der Waals surface area contributed by atoms with Crippen LogP contribution in [0.25, 0.3) is 10.9 Å². The van der Waals surface area contributed by atoms with Crippen LogP contribution in [0, 0.1) is 0 Å². The van der Waals surface area contributed by atoms with Crippen LogP contribution in [0.3, 0.4) is 0 Å². The summed E-state index contributed by atoms with van der Waals surface area (Å²) in [6.07, 6.45) is 2.11. The molecule has 0 aliphatic carbocycles. The minimum Gasteiger partial charge on any atom is -0.478 e. The van der Waals surface area contributed by atoms with E-state index in [1.165, 1.54) is 0 Å². The van der Waals surface area contributed by atoms with Gasteiger partial charge < -0.3 is 5.11 Å². The Morgan fingerprint density at radius 3 is 2.82 bits per heavy atom. The van der Waals surface area contributed by atoms with E-state index < -0.39 is 5.97 Å². The Labute approximate surface area is 103 Å². The molecule has 0 unspecified atom stereocenters. The highest BCUT2D eigenvalue weighted by Crippen LogP contribution is 2.27. The summed E-state index contributed by atoms with van der Waals surface area (Å²) in [5.41, 5.74) is 1.41. The number of nitrogens with zero attached hydrogens (tertiary/aromatic N) is 1. The van der Waals surface area contributed by atoms with E-state index in [1.54, 1.807) is 12.1 Å². The molecular weight excluding hydrogens is 238 g/mol. The lowest BCUT2D eigenvalue weighted by atomic mass is 10.0. The van der Waals surface area contributed by atoms with E-state index in [0.29, 0.717) is 17.5 Å². The number of aromatic nitrogens is 1. The second-order valence-corrected chi connectivity index (χ2v) is 3.93. The molecule has 1 N–H and O–H groups in total. The van der Waals surface area contributed by atoms with Crippen LogP contribution in [0.5, 0.6) is 0 Å². The molecule has 0 spiro atoms. The number of halogens is 1. The van der Waals surface area contributed by atoms with Crippen LogP contribution in [-0.4, -0.2) is 16.1 Å². The van der Waals surface area contributed by atoms with Crippen LogP contribution in [0.4, 0.5) is 0 Å². The second kappa shape index (κ2) is 4.55. The SMILES string of the molecule is C=CCc1c(C(=O)O)c(Cl)nc2ccccc12. The van der Waals surface area contributed by atoms with Gasteiger partial charge in [-0.15, -0.1) is 6.58 Å². The van der Waals surface area contributed by atoms with Crippen LogP contribution in [0.1, 0.15) is 15.9 Å². The summed E-state index contributed by atoms with van der Waals surface area (Å²) in [6, 6.07) is 7.32. The molecule has 3 nitrogen and oxygen atoms in total. The standard InChI is InChI=1S/C13H10ClNO2/c1-2-5-9-8-6-3-4-7-10(8)15-12(14)11(9)13(16)17/h2-4,6-7H,1,5H2,(H,16,17). The maximum atomic E-state index is 11.2. The highest BCUT2D eigenvalue weighted by Gasteiger charge is 2.18. The van der Waals surface area contributed by atoms with Crippen LogP contribution < -0.4 is 0 Å². The van der Waals surface area contributed by atoms with Crippen molar-refractivity contribution in [3.05, 3.63) is 53.2 Å². The molecule has 86 valence electrons. The van der Waals surface area contributed by atoms with Crippen molar-refractivity contribution in [3.8, 4) is 0 Å². The van der Waals surface area contributed by atoms with Crippen molar-refractivity contribution in [1.29, 1.82) is 0 Å². The molecule has 4 heteroatoms. The zero-order valence-corrected chi connectivity index (χ0v) is 9.74. The molecule has 0 aliphatic heterocycles. The fraction of sp³-hybridized carbons (Fsp3) is 0.0769. The summed E-state index contributed by atoms with van der Waals surface area (Å²) in [5, 5.41) is 10.00. The van der Waals surface area contributed by atoms with Gasteiger partial charge in [-0.3, -0.25) is 0 Å². The topological polar surface area (TPSA) is 50.2 Å². The first-order valence-electron chi connectivity index (χ1n) is 5.06. The number of aromatic carboxylic acids is 1. The Balaban J connectivity index is 2.87. The van der Waals surface area contributed by atoms with Crippen molar-refractivity contribution in [2.24, 2.45) is 0 Å². The zero-order chi connectivity index (χ0) is 12.4. The van der Waals surface area contributed by atoms with Gasteiger partial charge in [-0.2, -0.15) is 0 Å². The Morgan fingerprint density at radius 2 is 2.18 bits per heavy atom. The fourth-order valence-electron chi connectivity index (χ4n) is 1.82. The number of pyridine rings is 1. The third-order valence-corrected chi connectivity index (χ3v) is 2.79. The Hall–Kier alpha value is -1.87. The van der Waals surface area contributed by atoms with Crippen molar-refractivity contribution in [2.75, 3.05) is 0 Å². The molecule has 0 radical (unpaired) electrons. The van der Waals surface area contributed by atoms with Crippen LogP contribution in [-0.2, 0) is 6.42 Å². The number of fused-ring (bicyclic) bond motifs is 1. The number of allylic oxidation sites excluding steroid dienone is 1. The largest absolute Gasteiger partial charge is 0.478 e. The summed E-state index contributed by atoms with van der Waals surface area (Å²) >= 11 is 5.91. The Bertz CT molecular complexity index is 608. The van der Waals surface area contributed by atoms with E-state index >= 15 is 0 Å². The van der Waals surface area contributed by atoms with Crippen molar-refractivity contribution >= 4 is 28.5 Å². The maximum Gasteiger partial charge on any atom is 0.339 e. The van der Waals surface area contributed by atoms with Gasteiger partial charge in [0.1, 0.15) is 10.7 Å². The number of para-hydroxylation sites is 1. The lowest BCUT2D eigenvalue weighted by Gasteiger charge is -2.09. The summed E-state index contributed by atoms with van der Waals surface area (Å²) < 4.78 is 0. The molecule has 1 aromatic carbocycles. The lowest BCUT2D eigenvalue weighted by Crippen LogP contribution is -2.05. The molecular formula is C13H10ClNO2. The molecule has 0 saturated carbocycles. The number of hydrogen-bond donors (Lipinski definition) is 1. The Morgan fingerprint density at radius 1 is 1.47 bits per heavy atom. The van der Waals surface area contributed by atoms with Gasteiger partial charge in [-0.25, -0.2) is 9.78 Å². The normalized spacial score (nSPS) is 10.4. The molecule has 0 fully saturated rings. The molecule has 0 amide bonds. The van der Waals surface area contributed by atoms with Crippen molar-refractivity contribution in [1.82, 2.24) is 4.98 Å². The maximum absolute atomic E-state index is 11.2. The van der Waals surface area contributed by atoms with Gasteiger partial charge in [0, 0.05) is 5.39 Å². The van der Waals surface area contributed by atoms with Gasteiger partial charge in [0.25, 0.3) is 0 Å². The number of rotatable bonds is 3. The minimum absolute atomic E-state index is 0.0213. The van der Waals surface area contributed by atoms with Gasteiger partial charge in [0.15, 0.2) is 0 Å². The van der Waals surface area contributed by atoms with E-state index in [2.05, 4.69) is 11.6 Å². The van der Waals surface area contributed by atoms with Crippen molar-refractivity contribution in [2.45, 2.75) is 6.42 Å². The first-order valence-corrected chi connectivity index (χ1v) is 5.44. The van der Waals surface area contributed by atoms with E-state index in [9.17, 15) is 9.90 Å². The Kier molecular flexibility index (Phi) is 3.11. The summed E-state index contributed by atoms with van der Waals surface area (Å²) in [7, 11) is 0. The second-order valence-electron chi connectivity index (χ2n) is 3.57. The molecule has 0 saturated heterocycles. The van der Waals surface area contributed by atoms with Gasteiger partial charge >= 0.3 is 5.97 Å². The zero-order valence-electron chi connectivity index (χ0n) is 8.98. The van der Waals surface area contributed by atoms with Crippen LogP contribution in [0.15, 0.2) is 36.9 Å². The number of hydrogen-bond acceptors (Lipinski definition) is 2. The molecule has 2 aromatic rings. The molecule has 1 aromatic heterocycles. The average Bonchev–Trinajstić information content (AvgIpc) is 2.28. The minimum atomic E-state index is -1.06. The third kappa shape index (κ3) is 2.01.